The van der Waals surface area contributed by atoms with Crippen LogP contribution in [0.15, 0.2) is 53.4 Å². The maximum atomic E-state index is 13.2. The van der Waals surface area contributed by atoms with Gasteiger partial charge in [0.05, 0.1) is 23.0 Å². The van der Waals surface area contributed by atoms with E-state index in [1.807, 2.05) is 4.90 Å². The van der Waals surface area contributed by atoms with Crippen molar-refractivity contribution in [2.45, 2.75) is 17.4 Å². The van der Waals surface area contributed by atoms with Gasteiger partial charge in [-0.15, -0.1) is 0 Å². The molecule has 2 amide bonds. The quantitative estimate of drug-likeness (QED) is 0.665. The highest BCUT2D eigenvalue weighted by Gasteiger charge is 2.44. The number of carbonyl (C=O) groups is 2. The molecule has 2 heterocycles. The third-order valence-corrected chi connectivity index (χ3v) is 7.54. The Morgan fingerprint density at radius 2 is 1.50 bits per heavy atom. The molecule has 0 aliphatic carbocycles. The highest BCUT2D eigenvalue weighted by Crippen LogP contribution is 2.27. The van der Waals surface area contributed by atoms with Gasteiger partial charge in [0, 0.05) is 31.2 Å². The van der Waals surface area contributed by atoms with Crippen molar-refractivity contribution in [1.29, 1.82) is 0 Å². The van der Waals surface area contributed by atoms with Gasteiger partial charge in [0.2, 0.25) is 15.9 Å². The van der Waals surface area contributed by atoms with Crippen molar-refractivity contribution in [2.24, 2.45) is 0 Å². The summed E-state index contributed by atoms with van der Waals surface area (Å²) >= 11 is 5.83. The van der Waals surface area contributed by atoms with E-state index in [9.17, 15) is 22.4 Å². The molecule has 0 radical (unpaired) electrons. The minimum Gasteiger partial charge on any atom is -0.289 e. The molecule has 2 aliphatic rings. The van der Waals surface area contributed by atoms with Crippen molar-refractivity contribution < 1.29 is 22.4 Å². The number of amides is 2. The van der Waals surface area contributed by atoms with E-state index in [1.165, 1.54) is 52.8 Å². The van der Waals surface area contributed by atoms with Crippen molar-refractivity contribution in [2.75, 3.05) is 31.1 Å². The van der Waals surface area contributed by atoms with Crippen LogP contribution in [-0.4, -0.2) is 61.7 Å². The zero-order valence-electron chi connectivity index (χ0n) is 15.9. The van der Waals surface area contributed by atoms with Crippen LogP contribution in [0, 0.1) is 5.82 Å². The zero-order chi connectivity index (χ0) is 21.5. The fraction of sp³-hybridized carbons (Fsp3) is 0.300. The molecule has 2 aliphatic heterocycles. The van der Waals surface area contributed by atoms with Crippen molar-refractivity contribution in [3.8, 4) is 0 Å². The van der Waals surface area contributed by atoms with Gasteiger partial charge in [-0.2, -0.15) is 4.31 Å². The summed E-state index contributed by atoms with van der Waals surface area (Å²) in [5.41, 5.74) is 0.331. The van der Waals surface area contributed by atoms with E-state index in [1.54, 1.807) is 0 Å². The van der Waals surface area contributed by atoms with Crippen molar-refractivity contribution >= 4 is 39.1 Å². The molecule has 2 aromatic rings. The van der Waals surface area contributed by atoms with E-state index in [-0.39, 0.29) is 36.2 Å². The highest BCUT2D eigenvalue weighted by molar-refractivity contribution is 7.89. The van der Waals surface area contributed by atoms with Crippen LogP contribution >= 0.6 is 11.6 Å². The fourth-order valence-corrected chi connectivity index (χ4v) is 5.32. The molecule has 158 valence electrons. The Balaban J connectivity index is 1.44. The van der Waals surface area contributed by atoms with Crippen LogP contribution in [0.1, 0.15) is 6.42 Å². The highest BCUT2D eigenvalue weighted by atomic mass is 35.5. The minimum atomic E-state index is -3.66. The van der Waals surface area contributed by atoms with Crippen LogP contribution in [0.25, 0.3) is 0 Å². The summed E-state index contributed by atoms with van der Waals surface area (Å²) < 4.78 is 40.1. The maximum absolute atomic E-state index is 13.2. The van der Waals surface area contributed by atoms with E-state index >= 15 is 0 Å². The summed E-state index contributed by atoms with van der Waals surface area (Å²) in [6.07, 6.45) is 0.0140. The van der Waals surface area contributed by atoms with Gasteiger partial charge in [-0.05, 0) is 48.5 Å². The molecule has 2 saturated heterocycles. The van der Waals surface area contributed by atoms with Gasteiger partial charge in [-0.3, -0.25) is 14.5 Å². The number of carbonyl (C=O) groups excluding carboxylic acids is 2. The maximum Gasteiger partial charge on any atom is 0.251 e. The molecule has 10 heteroatoms. The molecule has 30 heavy (non-hydrogen) atoms. The predicted molar refractivity (Wildman–Crippen MR) is 109 cm³/mol. The van der Waals surface area contributed by atoms with E-state index in [2.05, 4.69) is 0 Å². The van der Waals surface area contributed by atoms with Crippen molar-refractivity contribution in [3.05, 3.63) is 59.4 Å². The molecule has 4 rings (SSSR count). The first-order valence-corrected chi connectivity index (χ1v) is 11.2. The zero-order valence-corrected chi connectivity index (χ0v) is 17.4. The molecule has 0 saturated carbocycles. The predicted octanol–water partition coefficient (Wildman–Crippen LogP) is 2.12. The van der Waals surface area contributed by atoms with Gasteiger partial charge >= 0.3 is 0 Å². The van der Waals surface area contributed by atoms with Gasteiger partial charge < -0.3 is 0 Å². The number of benzene rings is 2. The molecule has 0 spiro atoms. The van der Waals surface area contributed by atoms with E-state index in [0.717, 1.165) is 4.90 Å². The Morgan fingerprint density at radius 3 is 2.10 bits per heavy atom. The van der Waals surface area contributed by atoms with Crippen LogP contribution in [0.5, 0.6) is 0 Å². The van der Waals surface area contributed by atoms with Crippen LogP contribution in [0.3, 0.4) is 0 Å². The van der Waals surface area contributed by atoms with Crippen LogP contribution in [-0.2, 0) is 19.6 Å². The Hall–Kier alpha value is -2.33. The molecule has 0 aromatic heterocycles. The molecule has 0 N–H and O–H groups in total. The lowest BCUT2D eigenvalue weighted by atomic mass is 10.2. The molecule has 7 nitrogen and oxygen atoms in total. The standard InChI is InChI=1S/C20H19ClFN3O4S/c21-14-1-7-17(8-2-14)30(28,29)24-11-9-23(10-12-24)18-13-19(26)25(20(18)27)16-5-3-15(22)4-6-16/h1-8,18H,9-13H2/t18-/m0/s1. The summed E-state index contributed by atoms with van der Waals surface area (Å²) in [6, 6.07) is 10.5. The van der Waals surface area contributed by atoms with Gasteiger partial charge in [0.1, 0.15) is 5.82 Å². The lowest BCUT2D eigenvalue weighted by Crippen LogP contribution is -2.53. The molecular weight excluding hydrogens is 433 g/mol. The van der Waals surface area contributed by atoms with Gasteiger partial charge in [-0.25, -0.2) is 17.7 Å². The Labute approximate surface area is 178 Å². The Bertz CT molecular complexity index is 1070. The number of imide groups is 1. The van der Waals surface area contributed by atoms with Crippen LogP contribution in [0.2, 0.25) is 5.02 Å². The monoisotopic (exact) mass is 451 g/mol. The first-order valence-electron chi connectivity index (χ1n) is 9.39. The number of sulfonamides is 1. The molecule has 2 fully saturated rings. The average Bonchev–Trinajstić information content (AvgIpc) is 3.03. The van der Waals surface area contributed by atoms with Crippen LogP contribution in [0.4, 0.5) is 10.1 Å². The summed E-state index contributed by atoms with van der Waals surface area (Å²) in [6.45, 7) is 1.07. The lowest BCUT2D eigenvalue weighted by molar-refractivity contribution is -0.123. The third-order valence-electron chi connectivity index (χ3n) is 5.37. The number of halogens is 2. The van der Waals surface area contributed by atoms with Gasteiger partial charge in [-0.1, -0.05) is 11.6 Å². The summed E-state index contributed by atoms with van der Waals surface area (Å²) in [5.74, 6) is -1.18. The van der Waals surface area contributed by atoms with Gasteiger partial charge in [0.15, 0.2) is 0 Å². The Kier molecular flexibility index (Phi) is 5.63. The number of hydrogen-bond donors (Lipinski definition) is 0. The first-order chi connectivity index (χ1) is 14.3. The van der Waals surface area contributed by atoms with Crippen molar-refractivity contribution in [1.82, 2.24) is 9.21 Å². The summed E-state index contributed by atoms with van der Waals surface area (Å²) in [7, 11) is -3.66. The normalized spacial score (nSPS) is 21.4. The molecule has 0 bridgehead atoms. The van der Waals surface area contributed by atoms with E-state index in [4.69, 9.17) is 11.6 Å². The molecule has 2 aromatic carbocycles. The van der Waals surface area contributed by atoms with Crippen LogP contribution < -0.4 is 4.90 Å². The fourth-order valence-electron chi connectivity index (χ4n) is 3.77. The first kappa shape index (κ1) is 20.9. The third kappa shape index (κ3) is 3.85. The molecule has 1 atom stereocenters. The summed E-state index contributed by atoms with van der Waals surface area (Å²) in [4.78, 5) is 28.3. The van der Waals surface area contributed by atoms with E-state index in [0.29, 0.717) is 23.8 Å². The van der Waals surface area contributed by atoms with Gasteiger partial charge in [0.25, 0.3) is 5.91 Å². The minimum absolute atomic E-state index is 0.0140. The average molecular weight is 452 g/mol. The molecular formula is C20H19ClFN3O4S. The number of anilines is 1. The SMILES string of the molecule is O=C1C[C@H](N2CCN(S(=O)(=O)c3ccc(Cl)cc3)CC2)C(=O)N1c1ccc(F)cc1. The molecule has 0 unspecified atom stereocenters. The van der Waals surface area contributed by atoms with Crippen molar-refractivity contribution in [3.63, 3.8) is 0 Å². The largest absolute Gasteiger partial charge is 0.289 e. The topological polar surface area (TPSA) is 78.0 Å². The second-order valence-electron chi connectivity index (χ2n) is 7.16. The second-order valence-corrected chi connectivity index (χ2v) is 9.53. The number of hydrogen-bond acceptors (Lipinski definition) is 5. The number of rotatable bonds is 4. The summed E-state index contributed by atoms with van der Waals surface area (Å²) in [5, 5.41) is 0.453. The number of piperazine rings is 1. The lowest BCUT2D eigenvalue weighted by Gasteiger charge is -2.36. The second kappa shape index (κ2) is 8.07. The Morgan fingerprint density at radius 1 is 0.900 bits per heavy atom. The number of nitrogens with zero attached hydrogens (tertiary/aromatic N) is 3. The smallest absolute Gasteiger partial charge is 0.251 e. The van der Waals surface area contributed by atoms with E-state index < -0.39 is 21.9 Å².